The number of carbonyl (C=O) groups is 3. The Morgan fingerprint density at radius 3 is 1.41 bits per heavy atom. The van der Waals surface area contributed by atoms with Crippen LogP contribution in [0.4, 0.5) is 0 Å². The van der Waals surface area contributed by atoms with Crippen molar-refractivity contribution in [1.29, 1.82) is 0 Å². The third-order valence-electron chi connectivity index (χ3n) is 9.78. The van der Waals surface area contributed by atoms with E-state index >= 15 is 0 Å². The smallest absolute Gasteiger partial charge is 0.329 e. The molecule has 0 aliphatic rings. The van der Waals surface area contributed by atoms with Gasteiger partial charge >= 0.3 is 11.9 Å². The number of H-pyrrole nitrogens is 1. The summed E-state index contributed by atoms with van der Waals surface area (Å²) in [6.45, 7) is 5.09. The summed E-state index contributed by atoms with van der Waals surface area (Å²) in [6, 6.07) is -2.07. The fourth-order valence-corrected chi connectivity index (χ4v) is 6.46. The van der Waals surface area contributed by atoms with Crippen molar-refractivity contribution < 1.29 is 23.9 Å². The van der Waals surface area contributed by atoms with Crippen LogP contribution in [-0.2, 0) is 30.3 Å². The third-order valence-corrected chi connectivity index (χ3v) is 9.78. The molecule has 1 aromatic heterocycles. The first-order valence-corrected chi connectivity index (χ1v) is 21.3. The van der Waals surface area contributed by atoms with Gasteiger partial charge in [-0.2, -0.15) is 0 Å². The Morgan fingerprint density at radius 1 is 0.627 bits per heavy atom. The van der Waals surface area contributed by atoms with Crippen LogP contribution >= 0.6 is 0 Å². The molecule has 51 heavy (non-hydrogen) atoms. The summed E-state index contributed by atoms with van der Waals surface area (Å²) >= 11 is 0. The van der Waals surface area contributed by atoms with E-state index in [9.17, 15) is 14.4 Å². The molecule has 1 rings (SSSR count). The van der Waals surface area contributed by atoms with Crippen molar-refractivity contribution in [2.75, 3.05) is 13.2 Å². The molecule has 1 amide bonds. The van der Waals surface area contributed by atoms with Crippen molar-refractivity contribution in [3.8, 4) is 0 Å². The molecule has 296 valence electrons. The molecule has 2 unspecified atom stereocenters. The molecule has 1 aromatic rings. The summed E-state index contributed by atoms with van der Waals surface area (Å²) in [6.07, 6.45) is 38.2. The fraction of sp³-hybridized carbons (Fsp3) is 0.857. The average Bonchev–Trinajstić information content (AvgIpc) is 3.64. The van der Waals surface area contributed by atoms with Crippen LogP contribution < -0.4 is 11.1 Å². The zero-order valence-corrected chi connectivity index (χ0v) is 33.0. The van der Waals surface area contributed by atoms with E-state index in [0.29, 0.717) is 12.4 Å². The number of ether oxygens (including phenoxy) is 2. The van der Waals surface area contributed by atoms with Gasteiger partial charge in [0.25, 0.3) is 0 Å². The number of unbranched alkanes of at least 4 members (excludes halogenated alkanes) is 26. The van der Waals surface area contributed by atoms with Crippen LogP contribution in [0.25, 0.3) is 0 Å². The first-order valence-electron chi connectivity index (χ1n) is 21.3. The number of carbonyl (C=O) groups excluding carboxylic acids is 3. The summed E-state index contributed by atoms with van der Waals surface area (Å²) in [4.78, 5) is 45.6. The number of nitrogens with zero attached hydrogens (tertiary/aromatic N) is 1. The number of aromatic amines is 1. The van der Waals surface area contributed by atoms with E-state index in [2.05, 4.69) is 29.1 Å². The first kappa shape index (κ1) is 46.6. The number of amides is 1. The summed E-state index contributed by atoms with van der Waals surface area (Å²) in [7, 11) is 0. The quantitative estimate of drug-likeness (QED) is 0.0460. The molecule has 2 atom stereocenters. The van der Waals surface area contributed by atoms with Gasteiger partial charge in [0, 0.05) is 18.8 Å². The van der Waals surface area contributed by atoms with E-state index in [4.69, 9.17) is 15.2 Å². The van der Waals surface area contributed by atoms with Crippen molar-refractivity contribution in [3.63, 3.8) is 0 Å². The maximum atomic E-state index is 13.0. The van der Waals surface area contributed by atoms with E-state index in [1.165, 1.54) is 141 Å². The predicted molar refractivity (Wildman–Crippen MR) is 209 cm³/mol. The Kier molecular flexibility index (Phi) is 31.7. The number of aromatic nitrogens is 2. The highest BCUT2D eigenvalue weighted by Gasteiger charge is 2.28. The van der Waals surface area contributed by atoms with Gasteiger partial charge in [-0.15, -0.1) is 0 Å². The number of esters is 2. The van der Waals surface area contributed by atoms with Crippen LogP contribution in [0.2, 0.25) is 0 Å². The van der Waals surface area contributed by atoms with E-state index in [-0.39, 0.29) is 19.4 Å². The average molecular weight is 719 g/mol. The zero-order valence-electron chi connectivity index (χ0n) is 33.0. The zero-order chi connectivity index (χ0) is 37.0. The van der Waals surface area contributed by atoms with E-state index in [0.717, 1.165) is 38.5 Å². The van der Waals surface area contributed by atoms with Crippen LogP contribution in [-0.4, -0.2) is 53.1 Å². The lowest BCUT2D eigenvalue weighted by molar-refractivity contribution is -0.154. The molecule has 0 aromatic carbocycles. The molecule has 0 aliphatic heterocycles. The van der Waals surface area contributed by atoms with Gasteiger partial charge in [-0.3, -0.25) is 9.59 Å². The highest BCUT2D eigenvalue weighted by Crippen LogP contribution is 2.15. The molecule has 0 saturated heterocycles. The van der Waals surface area contributed by atoms with Crippen LogP contribution in [0.1, 0.15) is 206 Å². The third kappa shape index (κ3) is 28.8. The van der Waals surface area contributed by atoms with Gasteiger partial charge in [-0.1, -0.05) is 181 Å². The Hall–Kier alpha value is -2.42. The maximum absolute atomic E-state index is 13.0. The molecule has 0 fully saturated rings. The highest BCUT2D eigenvalue weighted by atomic mass is 16.5. The van der Waals surface area contributed by atoms with Crippen molar-refractivity contribution in [2.24, 2.45) is 5.73 Å². The number of hydrogen-bond donors (Lipinski definition) is 3. The Balaban J connectivity index is 2.26. The normalized spacial score (nSPS) is 12.5. The molecule has 0 spiro atoms. The van der Waals surface area contributed by atoms with Gasteiger partial charge < -0.3 is 25.5 Å². The molecular weight excluding hydrogens is 640 g/mol. The molecule has 9 heteroatoms. The number of hydrogen-bond acceptors (Lipinski definition) is 7. The molecule has 4 N–H and O–H groups in total. The lowest BCUT2D eigenvalue weighted by Gasteiger charge is -2.19. The van der Waals surface area contributed by atoms with E-state index in [1.807, 2.05) is 0 Å². The second kappa shape index (κ2) is 34.7. The highest BCUT2D eigenvalue weighted by molar-refractivity contribution is 5.90. The lowest BCUT2D eigenvalue weighted by Crippen LogP contribution is -2.50. The number of imidazole rings is 1. The SMILES string of the molecule is CCCCCCCCCCCCCCCCOC(=O)CC(NC(=O)C(N)Cc1ncc[nH]1)C(=O)OCCCCCCCCCCCCCCCC. The molecule has 0 bridgehead atoms. The maximum Gasteiger partial charge on any atom is 0.329 e. The van der Waals surface area contributed by atoms with Gasteiger partial charge in [-0.25, -0.2) is 9.78 Å². The van der Waals surface area contributed by atoms with Crippen molar-refractivity contribution in [1.82, 2.24) is 15.3 Å². The summed E-state index contributed by atoms with van der Waals surface area (Å²) in [5, 5.41) is 2.64. The van der Waals surface area contributed by atoms with Crippen LogP contribution in [0.5, 0.6) is 0 Å². The van der Waals surface area contributed by atoms with Gasteiger partial charge in [0.1, 0.15) is 11.9 Å². The van der Waals surface area contributed by atoms with Gasteiger partial charge in [0.05, 0.1) is 25.7 Å². The number of rotatable bonds is 37. The molecule has 0 radical (unpaired) electrons. The minimum Gasteiger partial charge on any atom is -0.466 e. The minimum atomic E-state index is -1.14. The fourth-order valence-electron chi connectivity index (χ4n) is 6.46. The Morgan fingerprint density at radius 2 is 1.02 bits per heavy atom. The van der Waals surface area contributed by atoms with Gasteiger partial charge in [0.2, 0.25) is 5.91 Å². The first-order chi connectivity index (χ1) is 25.0. The second-order valence-corrected chi connectivity index (χ2v) is 14.7. The van der Waals surface area contributed by atoms with Crippen molar-refractivity contribution in [3.05, 3.63) is 18.2 Å². The number of nitrogens with one attached hydrogen (secondary N) is 2. The summed E-state index contributed by atoms with van der Waals surface area (Å²) in [5.41, 5.74) is 6.08. The van der Waals surface area contributed by atoms with Gasteiger partial charge in [0.15, 0.2) is 0 Å². The van der Waals surface area contributed by atoms with Gasteiger partial charge in [-0.05, 0) is 12.8 Å². The summed E-state index contributed by atoms with van der Waals surface area (Å²) in [5.74, 6) is -1.12. The molecule has 1 heterocycles. The monoisotopic (exact) mass is 719 g/mol. The van der Waals surface area contributed by atoms with Crippen LogP contribution in [0.15, 0.2) is 12.4 Å². The molecule has 0 aliphatic carbocycles. The molecule has 9 nitrogen and oxygen atoms in total. The Bertz CT molecular complexity index is 942. The topological polar surface area (TPSA) is 136 Å². The predicted octanol–water partition coefficient (Wildman–Crippen LogP) is 10.2. The largest absolute Gasteiger partial charge is 0.466 e. The second-order valence-electron chi connectivity index (χ2n) is 14.7. The van der Waals surface area contributed by atoms with Crippen LogP contribution in [0.3, 0.4) is 0 Å². The molecular formula is C42H78N4O5. The van der Waals surface area contributed by atoms with Crippen molar-refractivity contribution in [2.45, 2.75) is 219 Å². The summed E-state index contributed by atoms with van der Waals surface area (Å²) < 4.78 is 11.0. The van der Waals surface area contributed by atoms with E-state index in [1.54, 1.807) is 12.4 Å². The number of nitrogens with two attached hydrogens (primary N) is 1. The standard InChI is InChI=1S/C42H78N4O5/c1-3-5-7-9-11-13-15-17-19-21-23-25-27-29-33-50-40(47)36-38(46-41(48)37(43)35-39-44-31-32-45-39)42(49)51-34-30-28-26-24-22-20-18-16-14-12-10-8-6-4-2/h31-32,37-38H,3-30,33-36,43H2,1-2H3,(H,44,45)(H,46,48). The minimum absolute atomic E-state index is 0.184. The lowest BCUT2D eigenvalue weighted by atomic mass is 10.0. The van der Waals surface area contributed by atoms with Crippen LogP contribution in [0, 0.1) is 0 Å². The van der Waals surface area contributed by atoms with E-state index < -0.39 is 29.9 Å². The molecule has 0 saturated carbocycles. The Labute approximate surface area is 312 Å². The van der Waals surface area contributed by atoms with Crippen molar-refractivity contribution >= 4 is 17.8 Å².